The molecule has 0 saturated carbocycles. The van der Waals surface area contributed by atoms with Crippen LogP contribution >= 0.6 is 0 Å². The monoisotopic (exact) mass is 991 g/mol. The van der Waals surface area contributed by atoms with Gasteiger partial charge in [-0.3, -0.25) is 9.59 Å². The van der Waals surface area contributed by atoms with Crippen molar-refractivity contribution in [2.45, 2.75) is 306 Å². The van der Waals surface area contributed by atoms with E-state index in [1.807, 2.05) is 0 Å². The normalized spacial score (nSPS) is 25.5. The first kappa shape index (κ1) is 63.6. The summed E-state index contributed by atoms with van der Waals surface area (Å²) in [5.41, 5.74) is 0. The largest absolute Gasteiger partial charge is 0.462 e. The minimum atomic E-state index is -1.76. The van der Waals surface area contributed by atoms with Gasteiger partial charge in [-0.25, -0.2) is 0 Å². The number of rotatable bonds is 45. The summed E-state index contributed by atoms with van der Waals surface area (Å²) in [7, 11) is 0. The summed E-state index contributed by atoms with van der Waals surface area (Å²) >= 11 is 0. The van der Waals surface area contributed by atoms with Crippen LogP contribution < -0.4 is 0 Å². The number of ether oxygens (including phenoxy) is 6. The van der Waals surface area contributed by atoms with Gasteiger partial charge in [0.2, 0.25) is 0 Å². The molecule has 2 fully saturated rings. The molecule has 69 heavy (non-hydrogen) atoms. The molecule has 11 atom stereocenters. The van der Waals surface area contributed by atoms with Crippen LogP contribution in [-0.2, 0) is 38.0 Å². The highest BCUT2D eigenvalue weighted by atomic mass is 16.7. The van der Waals surface area contributed by atoms with E-state index in [9.17, 15) is 45.3 Å². The van der Waals surface area contributed by atoms with Gasteiger partial charge in [0.15, 0.2) is 18.7 Å². The second kappa shape index (κ2) is 41.9. The predicted octanol–water partition coefficient (Wildman–Crippen LogP) is 8.78. The lowest BCUT2D eigenvalue weighted by atomic mass is 9.98. The SMILES string of the molecule is CCCCCCCCCCCCCCCCCCCC(=O)O[C@H](COC(=O)CCCCCCCCCCCCCCCCCC)CO[C@H]1O[C@@H](CO[C@H]2O[C@@H](CO)[C@@H](O)C(O)C2O)[C@@H](O)C(O)C1O. The maximum absolute atomic E-state index is 13.0. The van der Waals surface area contributed by atoms with E-state index in [2.05, 4.69) is 13.8 Å². The zero-order chi connectivity index (χ0) is 50.3. The van der Waals surface area contributed by atoms with Crippen molar-refractivity contribution in [3.63, 3.8) is 0 Å². The summed E-state index contributed by atoms with van der Waals surface area (Å²) in [5, 5.41) is 72.2. The van der Waals surface area contributed by atoms with Crippen molar-refractivity contribution in [3.05, 3.63) is 0 Å². The maximum Gasteiger partial charge on any atom is 0.306 e. The van der Waals surface area contributed by atoms with Crippen LogP contribution in [0.2, 0.25) is 0 Å². The van der Waals surface area contributed by atoms with Crippen LogP contribution in [0.1, 0.15) is 239 Å². The fourth-order valence-electron chi connectivity index (χ4n) is 9.22. The third-order valence-electron chi connectivity index (χ3n) is 13.8. The van der Waals surface area contributed by atoms with E-state index in [0.29, 0.717) is 12.8 Å². The van der Waals surface area contributed by atoms with E-state index >= 15 is 0 Å². The molecule has 15 nitrogen and oxygen atoms in total. The number of carbonyl (C=O) groups is 2. The van der Waals surface area contributed by atoms with Gasteiger partial charge in [0, 0.05) is 12.8 Å². The first-order valence-electron chi connectivity index (χ1n) is 28.1. The van der Waals surface area contributed by atoms with Gasteiger partial charge in [0.05, 0.1) is 19.8 Å². The lowest BCUT2D eigenvalue weighted by Gasteiger charge is -2.42. The van der Waals surface area contributed by atoms with Gasteiger partial charge in [-0.2, -0.15) is 0 Å². The first-order chi connectivity index (χ1) is 33.5. The predicted molar refractivity (Wildman–Crippen MR) is 266 cm³/mol. The smallest absolute Gasteiger partial charge is 0.306 e. The van der Waals surface area contributed by atoms with E-state index in [4.69, 9.17) is 28.4 Å². The Labute approximate surface area is 417 Å². The van der Waals surface area contributed by atoms with Gasteiger partial charge in [0.25, 0.3) is 0 Å². The molecule has 0 aromatic heterocycles. The van der Waals surface area contributed by atoms with Crippen molar-refractivity contribution < 1.29 is 73.8 Å². The van der Waals surface area contributed by atoms with Crippen molar-refractivity contribution in [2.24, 2.45) is 0 Å². The molecule has 4 unspecified atom stereocenters. The average Bonchev–Trinajstić information content (AvgIpc) is 3.34. The maximum atomic E-state index is 13.0. The molecule has 0 radical (unpaired) electrons. The van der Waals surface area contributed by atoms with E-state index < -0.39 is 92.7 Å². The number of hydrogen-bond acceptors (Lipinski definition) is 15. The molecule has 0 aromatic carbocycles. The third kappa shape index (κ3) is 29.7. The van der Waals surface area contributed by atoms with Gasteiger partial charge >= 0.3 is 11.9 Å². The van der Waals surface area contributed by atoms with E-state index in [1.54, 1.807) is 0 Å². The van der Waals surface area contributed by atoms with E-state index in [1.165, 1.54) is 161 Å². The highest BCUT2D eigenvalue weighted by Crippen LogP contribution is 2.27. The third-order valence-corrected chi connectivity index (χ3v) is 13.8. The van der Waals surface area contributed by atoms with Crippen molar-refractivity contribution in [1.29, 1.82) is 0 Å². The minimum absolute atomic E-state index is 0.174. The Morgan fingerprint density at radius 1 is 0.406 bits per heavy atom. The van der Waals surface area contributed by atoms with Crippen molar-refractivity contribution in [2.75, 3.05) is 26.4 Å². The Bertz CT molecular complexity index is 1210. The highest BCUT2D eigenvalue weighted by molar-refractivity contribution is 5.70. The number of unbranched alkanes of at least 4 members (excludes halogenated alkanes) is 31. The number of hydrogen-bond donors (Lipinski definition) is 7. The van der Waals surface area contributed by atoms with Gasteiger partial charge in [-0.05, 0) is 12.8 Å². The minimum Gasteiger partial charge on any atom is -0.462 e. The van der Waals surface area contributed by atoms with Crippen LogP contribution in [0, 0.1) is 0 Å². The zero-order valence-corrected chi connectivity index (χ0v) is 43.3. The molecule has 2 rings (SSSR count). The number of carbonyl (C=O) groups excluding carboxylic acids is 2. The second-order valence-electron chi connectivity index (χ2n) is 20.1. The van der Waals surface area contributed by atoms with Crippen molar-refractivity contribution in [3.8, 4) is 0 Å². The molecule has 2 saturated heterocycles. The summed E-state index contributed by atoms with van der Waals surface area (Å²) in [6, 6.07) is 0. The number of aliphatic hydroxyl groups is 7. The summed E-state index contributed by atoms with van der Waals surface area (Å²) in [4.78, 5) is 25.8. The van der Waals surface area contributed by atoms with Gasteiger partial charge < -0.3 is 64.2 Å². The van der Waals surface area contributed by atoms with Crippen LogP contribution in [-0.4, -0.2) is 142 Å². The highest BCUT2D eigenvalue weighted by Gasteiger charge is 2.47. The fourth-order valence-corrected chi connectivity index (χ4v) is 9.22. The Hall–Kier alpha value is -1.50. The molecule has 0 aromatic rings. The van der Waals surface area contributed by atoms with Crippen LogP contribution in [0.5, 0.6) is 0 Å². The molecule has 0 spiro atoms. The Morgan fingerprint density at radius 2 is 0.739 bits per heavy atom. The standard InChI is InChI=1S/C54H102O15/c1-3-5-7-9-11-13-15-17-19-21-23-25-27-29-31-33-35-37-46(57)67-42(39-64-45(56)36-34-32-30-28-26-24-22-20-18-16-14-12-10-8-6-4-2)40-65-53-52(63)50(61)48(59)44(69-53)41-66-54-51(62)49(60)47(58)43(38-55)68-54/h42-44,47-55,58-63H,3-41H2,1-2H3/t42-,43+,44+,47-,48-,49?,50?,51?,52?,53+,54+/m1/s1. The van der Waals surface area contributed by atoms with Crippen LogP contribution in [0.3, 0.4) is 0 Å². The molecule has 15 heteroatoms. The molecule has 0 bridgehead atoms. The molecule has 0 aliphatic carbocycles. The van der Waals surface area contributed by atoms with Gasteiger partial charge in [0.1, 0.15) is 55.4 Å². The number of aliphatic hydroxyl groups excluding tert-OH is 7. The summed E-state index contributed by atoms with van der Waals surface area (Å²) < 4.78 is 33.7. The molecular formula is C54H102O15. The Balaban J connectivity index is 1.76. The summed E-state index contributed by atoms with van der Waals surface area (Å²) in [6.07, 6.45) is 24.1. The molecule has 7 N–H and O–H groups in total. The lowest BCUT2D eigenvalue weighted by molar-refractivity contribution is -0.332. The molecule has 2 aliphatic rings. The van der Waals surface area contributed by atoms with Gasteiger partial charge in [-0.1, -0.05) is 213 Å². The molecule has 408 valence electrons. The van der Waals surface area contributed by atoms with Crippen molar-refractivity contribution >= 4 is 11.9 Å². The van der Waals surface area contributed by atoms with Crippen molar-refractivity contribution in [1.82, 2.24) is 0 Å². The average molecular weight is 991 g/mol. The molecular weight excluding hydrogens is 889 g/mol. The van der Waals surface area contributed by atoms with Gasteiger partial charge in [-0.15, -0.1) is 0 Å². The van der Waals surface area contributed by atoms with Crippen LogP contribution in [0.25, 0.3) is 0 Å². The second-order valence-corrected chi connectivity index (χ2v) is 20.1. The summed E-state index contributed by atoms with van der Waals surface area (Å²) in [6.45, 7) is 2.65. The van der Waals surface area contributed by atoms with E-state index in [-0.39, 0.29) is 26.1 Å². The van der Waals surface area contributed by atoms with Crippen LogP contribution in [0.4, 0.5) is 0 Å². The molecule has 2 aliphatic heterocycles. The Kier molecular flexibility index (Phi) is 38.6. The van der Waals surface area contributed by atoms with E-state index in [0.717, 1.165) is 38.5 Å². The quantitative estimate of drug-likeness (QED) is 0.0223. The first-order valence-corrected chi connectivity index (χ1v) is 28.1. The molecule has 0 amide bonds. The lowest BCUT2D eigenvalue weighted by Crippen LogP contribution is -2.61. The summed E-state index contributed by atoms with van der Waals surface area (Å²) in [5.74, 6) is -0.905. The topological polar surface area (TPSA) is 231 Å². The van der Waals surface area contributed by atoms with Crippen LogP contribution in [0.15, 0.2) is 0 Å². The fraction of sp³-hybridized carbons (Fsp3) is 0.963. The Morgan fingerprint density at radius 3 is 1.13 bits per heavy atom. The molecule has 2 heterocycles. The zero-order valence-electron chi connectivity index (χ0n) is 43.3. The number of esters is 2.